The lowest BCUT2D eigenvalue weighted by Gasteiger charge is -2.24. The van der Waals surface area contributed by atoms with E-state index in [2.05, 4.69) is 5.43 Å². The largest absolute Gasteiger partial charge is 0.274 e. The highest BCUT2D eigenvalue weighted by molar-refractivity contribution is 5.95. The van der Waals surface area contributed by atoms with Crippen molar-refractivity contribution in [2.45, 2.75) is 27.7 Å². The number of nitrogens with one attached hydrogen (secondary N) is 1. The van der Waals surface area contributed by atoms with E-state index in [1.807, 2.05) is 32.0 Å². The molecule has 0 aliphatic heterocycles. The molecule has 0 spiro atoms. The molecule has 0 saturated heterocycles. The zero-order valence-electron chi connectivity index (χ0n) is 10.00. The maximum absolute atomic E-state index is 11.5. The van der Waals surface area contributed by atoms with E-state index in [0.717, 1.165) is 16.8 Å². The number of hydrogen-bond donors (Lipinski definition) is 1. The van der Waals surface area contributed by atoms with Gasteiger partial charge in [-0.2, -0.15) is 0 Å². The lowest BCUT2D eigenvalue weighted by atomic mass is 10.1. The number of carbonyl (C=O) groups is 2. The van der Waals surface area contributed by atoms with Gasteiger partial charge in [-0.05, 0) is 25.0 Å². The van der Waals surface area contributed by atoms with E-state index in [9.17, 15) is 9.59 Å². The molecule has 0 aliphatic rings. The van der Waals surface area contributed by atoms with E-state index in [-0.39, 0.29) is 11.8 Å². The first kappa shape index (κ1) is 12.2. The molecule has 2 amide bonds. The molecular formula is C12H16N2O2. The van der Waals surface area contributed by atoms with Crippen LogP contribution in [-0.2, 0) is 9.59 Å². The van der Waals surface area contributed by atoms with Gasteiger partial charge in [-0.1, -0.05) is 18.2 Å². The SMILES string of the molecule is CC(=O)NN(C(C)=O)c1c(C)cccc1C. The second kappa shape index (κ2) is 4.79. The van der Waals surface area contributed by atoms with Gasteiger partial charge in [-0.3, -0.25) is 15.0 Å². The van der Waals surface area contributed by atoms with Gasteiger partial charge in [0, 0.05) is 13.8 Å². The van der Waals surface area contributed by atoms with Gasteiger partial charge in [0.1, 0.15) is 0 Å². The lowest BCUT2D eigenvalue weighted by Crippen LogP contribution is -2.45. The highest BCUT2D eigenvalue weighted by Gasteiger charge is 2.16. The van der Waals surface area contributed by atoms with E-state index in [4.69, 9.17) is 0 Å². The van der Waals surface area contributed by atoms with Gasteiger partial charge in [0.25, 0.3) is 0 Å². The fourth-order valence-electron chi connectivity index (χ4n) is 1.61. The highest BCUT2D eigenvalue weighted by Crippen LogP contribution is 2.23. The molecule has 1 aromatic carbocycles. The van der Waals surface area contributed by atoms with Crippen LogP contribution >= 0.6 is 0 Å². The van der Waals surface area contributed by atoms with E-state index < -0.39 is 0 Å². The molecule has 0 radical (unpaired) electrons. The normalized spacial score (nSPS) is 9.75. The molecule has 1 N–H and O–H groups in total. The molecule has 1 aromatic rings. The summed E-state index contributed by atoms with van der Waals surface area (Å²) in [5, 5.41) is 1.28. The molecule has 0 aromatic heterocycles. The molecule has 1 rings (SSSR count). The highest BCUT2D eigenvalue weighted by atomic mass is 16.2. The summed E-state index contributed by atoms with van der Waals surface area (Å²) < 4.78 is 0. The van der Waals surface area contributed by atoms with Crippen LogP contribution in [-0.4, -0.2) is 11.8 Å². The van der Waals surface area contributed by atoms with Crippen LogP contribution < -0.4 is 10.4 Å². The smallest absolute Gasteiger partial charge is 0.242 e. The van der Waals surface area contributed by atoms with Crippen molar-refractivity contribution in [2.75, 3.05) is 5.01 Å². The average molecular weight is 220 g/mol. The van der Waals surface area contributed by atoms with E-state index in [1.54, 1.807) is 0 Å². The monoisotopic (exact) mass is 220 g/mol. The fraction of sp³-hybridized carbons (Fsp3) is 0.333. The topological polar surface area (TPSA) is 49.4 Å². The Hall–Kier alpha value is -1.84. The second-order valence-corrected chi connectivity index (χ2v) is 3.76. The van der Waals surface area contributed by atoms with Crippen LogP contribution in [0.2, 0.25) is 0 Å². The number of hydrazine groups is 1. The number of benzene rings is 1. The van der Waals surface area contributed by atoms with Crippen LogP contribution in [0.1, 0.15) is 25.0 Å². The zero-order valence-corrected chi connectivity index (χ0v) is 10.00. The molecular weight excluding hydrogens is 204 g/mol. The Balaban J connectivity index is 3.20. The van der Waals surface area contributed by atoms with Crippen molar-refractivity contribution in [3.63, 3.8) is 0 Å². The van der Waals surface area contributed by atoms with Gasteiger partial charge in [0.15, 0.2) is 0 Å². The standard InChI is InChI=1S/C12H16N2O2/c1-8-6-5-7-9(2)12(8)14(11(4)16)13-10(3)15/h5-7H,1-4H3,(H,13,15). The summed E-state index contributed by atoms with van der Waals surface area (Å²) in [4.78, 5) is 22.5. The number of rotatable bonds is 1. The number of para-hydroxylation sites is 1. The van der Waals surface area contributed by atoms with Gasteiger partial charge in [0.05, 0.1) is 5.69 Å². The minimum Gasteiger partial charge on any atom is -0.274 e. The summed E-state index contributed by atoms with van der Waals surface area (Å²) in [5.41, 5.74) is 5.16. The third-order valence-electron chi connectivity index (χ3n) is 2.25. The summed E-state index contributed by atoms with van der Waals surface area (Å²) >= 11 is 0. The molecule has 0 aliphatic carbocycles. The van der Waals surface area contributed by atoms with Gasteiger partial charge < -0.3 is 0 Å². The maximum atomic E-state index is 11.5. The molecule has 0 bridgehead atoms. The van der Waals surface area contributed by atoms with Crippen LogP contribution in [0.15, 0.2) is 18.2 Å². The predicted molar refractivity (Wildman–Crippen MR) is 62.9 cm³/mol. The van der Waals surface area contributed by atoms with Crippen molar-refractivity contribution in [2.24, 2.45) is 0 Å². The minimum absolute atomic E-state index is 0.215. The third-order valence-corrected chi connectivity index (χ3v) is 2.25. The molecule has 0 unspecified atom stereocenters. The molecule has 0 saturated carbocycles. The summed E-state index contributed by atoms with van der Waals surface area (Å²) in [6.07, 6.45) is 0. The van der Waals surface area contributed by atoms with E-state index in [0.29, 0.717) is 0 Å². The first-order valence-electron chi connectivity index (χ1n) is 5.07. The summed E-state index contributed by atoms with van der Waals surface area (Å²) in [7, 11) is 0. The Kier molecular flexibility index (Phi) is 3.66. The van der Waals surface area contributed by atoms with Crippen LogP contribution in [0, 0.1) is 13.8 Å². The van der Waals surface area contributed by atoms with Gasteiger partial charge in [-0.15, -0.1) is 0 Å². The Morgan fingerprint density at radius 3 is 2.00 bits per heavy atom. The zero-order chi connectivity index (χ0) is 12.3. The molecule has 0 heterocycles. The fourth-order valence-corrected chi connectivity index (χ4v) is 1.61. The molecule has 0 atom stereocenters. The number of nitrogens with zero attached hydrogens (tertiary/aromatic N) is 1. The summed E-state index contributed by atoms with van der Waals surface area (Å²) in [6, 6.07) is 5.72. The van der Waals surface area contributed by atoms with Gasteiger partial charge in [-0.25, -0.2) is 5.01 Å². The van der Waals surface area contributed by atoms with E-state index in [1.165, 1.54) is 18.9 Å². The van der Waals surface area contributed by atoms with Crippen LogP contribution in [0.4, 0.5) is 5.69 Å². The Morgan fingerprint density at radius 1 is 1.12 bits per heavy atom. The predicted octanol–water partition coefficient (Wildman–Crippen LogP) is 1.71. The summed E-state index contributed by atoms with van der Waals surface area (Å²) in [5.74, 6) is -0.481. The Bertz CT molecular complexity index is 407. The lowest BCUT2D eigenvalue weighted by molar-refractivity contribution is -0.123. The number of amides is 2. The number of aryl methyl sites for hydroxylation is 2. The first-order chi connectivity index (χ1) is 7.43. The van der Waals surface area contributed by atoms with Crippen molar-refractivity contribution in [1.82, 2.24) is 5.43 Å². The average Bonchev–Trinajstić information content (AvgIpc) is 2.15. The van der Waals surface area contributed by atoms with Gasteiger partial charge in [0.2, 0.25) is 11.8 Å². The minimum atomic E-state index is -0.266. The van der Waals surface area contributed by atoms with Crippen LogP contribution in [0.3, 0.4) is 0 Å². The summed E-state index contributed by atoms with van der Waals surface area (Å²) in [6.45, 7) is 6.60. The van der Waals surface area contributed by atoms with Crippen LogP contribution in [0.5, 0.6) is 0 Å². The second-order valence-electron chi connectivity index (χ2n) is 3.76. The van der Waals surface area contributed by atoms with Crippen molar-refractivity contribution in [3.8, 4) is 0 Å². The molecule has 0 fully saturated rings. The number of hydrogen-bond acceptors (Lipinski definition) is 2. The van der Waals surface area contributed by atoms with Crippen molar-refractivity contribution < 1.29 is 9.59 Å². The Labute approximate surface area is 95.2 Å². The van der Waals surface area contributed by atoms with Crippen molar-refractivity contribution in [1.29, 1.82) is 0 Å². The first-order valence-corrected chi connectivity index (χ1v) is 5.07. The molecule has 16 heavy (non-hydrogen) atoms. The Morgan fingerprint density at radius 2 is 1.62 bits per heavy atom. The molecule has 4 nitrogen and oxygen atoms in total. The van der Waals surface area contributed by atoms with Crippen LogP contribution in [0.25, 0.3) is 0 Å². The van der Waals surface area contributed by atoms with E-state index >= 15 is 0 Å². The quantitative estimate of drug-likeness (QED) is 0.732. The molecule has 4 heteroatoms. The number of anilines is 1. The van der Waals surface area contributed by atoms with Crippen molar-refractivity contribution >= 4 is 17.5 Å². The molecule has 86 valence electrons. The third kappa shape index (κ3) is 2.59. The maximum Gasteiger partial charge on any atom is 0.242 e. The van der Waals surface area contributed by atoms with Crippen molar-refractivity contribution in [3.05, 3.63) is 29.3 Å². The van der Waals surface area contributed by atoms with Gasteiger partial charge >= 0.3 is 0 Å². The number of carbonyl (C=O) groups excluding carboxylic acids is 2.